The summed E-state index contributed by atoms with van der Waals surface area (Å²) in [4.78, 5) is 0. The van der Waals surface area contributed by atoms with Crippen molar-refractivity contribution in [2.75, 3.05) is 20.1 Å². The third kappa shape index (κ3) is 2.89. The fourth-order valence-electron chi connectivity index (χ4n) is 3.06. The minimum Gasteiger partial charge on any atom is -0.195 e. The van der Waals surface area contributed by atoms with Crippen LogP contribution in [0.15, 0.2) is 0 Å². The van der Waals surface area contributed by atoms with Gasteiger partial charge in [0.05, 0.1) is 0 Å². The third-order valence-corrected chi connectivity index (χ3v) is 6.41. The predicted octanol–water partition coefficient (Wildman–Crippen LogP) is 1.94. The second-order valence-corrected chi connectivity index (χ2v) is 8.35. The first-order chi connectivity index (χ1) is 8.32. The molecule has 0 N–H and O–H groups in total. The minimum absolute atomic E-state index is 0.141. The van der Waals surface area contributed by atoms with Gasteiger partial charge in [-0.1, -0.05) is 13.8 Å². The van der Waals surface area contributed by atoms with E-state index < -0.39 is 10.2 Å². The molecule has 0 radical (unpaired) electrons. The lowest BCUT2D eigenvalue weighted by Crippen LogP contribution is -2.51. The van der Waals surface area contributed by atoms with E-state index in [9.17, 15) is 8.42 Å². The molecular weight excluding hydrogens is 248 g/mol. The number of nitrogens with zero attached hydrogens (tertiary/aromatic N) is 2. The largest absolute Gasteiger partial charge is 0.281 e. The van der Waals surface area contributed by atoms with Crippen LogP contribution in [0.4, 0.5) is 0 Å². The van der Waals surface area contributed by atoms with Gasteiger partial charge in [0.25, 0.3) is 10.2 Å². The summed E-state index contributed by atoms with van der Waals surface area (Å²) in [5.74, 6) is 1.51. The number of rotatable bonds is 4. The Balaban J connectivity index is 2.09. The van der Waals surface area contributed by atoms with Crippen LogP contribution in [0.3, 0.4) is 0 Å². The lowest BCUT2D eigenvalue weighted by atomic mass is 9.94. The molecule has 0 aromatic rings. The van der Waals surface area contributed by atoms with E-state index in [0.29, 0.717) is 30.8 Å². The Kier molecular flexibility index (Phi) is 4.04. The van der Waals surface area contributed by atoms with Gasteiger partial charge in [-0.15, -0.1) is 0 Å². The Morgan fingerprint density at radius 2 is 1.67 bits per heavy atom. The summed E-state index contributed by atoms with van der Waals surface area (Å²) in [6.07, 6.45) is 3.48. The quantitative estimate of drug-likeness (QED) is 0.786. The SMILES string of the molecule is CC1CC(C)CN(S(=O)(=O)N(C)C(C)C2CC2)C1. The molecule has 1 saturated carbocycles. The fraction of sp³-hybridized carbons (Fsp3) is 1.00. The lowest BCUT2D eigenvalue weighted by Gasteiger charge is -2.37. The molecule has 3 atom stereocenters. The van der Waals surface area contributed by atoms with Gasteiger partial charge in [0, 0.05) is 26.2 Å². The highest BCUT2D eigenvalue weighted by atomic mass is 32.2. The molecule has 18 heavy (non-hydrogen) atoms. The molecule has 0 aromatic carbocycles. The van der Waals surface area contributed by atoms with Crippen molar-refractivity contribution < 1.29 is 8.42 Å². The van der Waals surface area contributed by atoms with Gasteiger partial charge >= 0.3 is 0 Å². The third-order valence-electron chi connectivity index (χ3n) is 4.40. The van der Waals surface area contributed by atoms with Crippen LogP contribution in [0.25, 0.3) is 0 Å². The van der Waals surface area contributed by atoms with E-state index in [4.69, 9.17) is 0 Å². The van der Waals surface area contributed by atoms with Gasteiger partial charge < -0.3 is 0 Å². The van der Waals surface area contributed by atoms with Crippen LogP contribution in [0.2, 0.25) is 0 Å². The summed E-state index contributed by atoms with van der Waals surface area (Å²) < 4.78 is 28.5. The van der Waals surface area contributed by atoms with Crippen LogP contribution in [-0.4, -0.2) is 43.2 Å². The van der Waals surface area contributed by atoms with Crippen LogP contribution >= 0.6 is 0 Å². The molecule has 1 aliphatic heterocycles. The van der Waals surface area contributed by atoms with Crippen molar-refractivity contribution in [3.8, 4) is 0 Å². The highest BCUT2D eigenvalue weighted by molar-refractivity contribution is 7.86. The van der Waals surface area contributed by atoms with Gasteiger partial charge in [0.2, 0.25) is 0 Å². The average Bonchev–Trinajstić information content (AvgIpc) is 3.09. The van der Waals surface area contributed by atoms with E-state index >= 15 is 0 Å². The second kappa shape index (κ2) is 5.10. The van der Waals surface area contributed by atoms with Crippen molar-refractivity contribution in [1.82, 2.24) is 8.61 Å². The molecule has 0 amide bonds. The highest BCUT2D eigenvalue weighted by Gasteiger charge is 2.39. The minimum atomic E-state index is -3.27. The van der Waals surface area contributed by atoms with E-state index in [0.717, 1.165) is 6.42 Å². The van der Waals surface area contributed by atoms with E-state index in [1.807, 2.05) is 6.92 Å². The molecule has 5 heteroatoms. The summed E-state index contributed by atoms with van der Waals surface area (Å²) in [6.45, 7) is 7.67. The molecule has 2 fully saturated rings. The van der Waals surface area contributed by atoms with Crippen molar-refractivity contribution in [3.05, 3.63) is 0 Å². The monoisotopic (exact) mass is 274 g/mol. The summed E-state index contributed by atoms with van der Waals surface area (Å²) >= 11 is 0. The van der Waals surface area contributed by atoms with Crippen molar-refractivity contribution >= 4 is 10.2 Å². The zero-order valence-electron chi connectivity index (χ0n) is 12.0. The van der Waals surface area contributed by atoms with Crippen molar-refractivity contribution in [2.45, 2.75) is 46.1 Å². The number of hydrogen-bond donors (Lipinski definition) is 0. The predicted molar refractivity (Wildman–Crippen MR) is 73.4 cm³/mol. The Morgan fingerprint density at radius 1 is 1.17 bits per heavy atom. The molecule has 0 aromatic heterocycles. The van der Waals surface area contributed by atoms with Crippen LogP contribution < -0.4 is 0 Å². The topological polar surface area (TPSA) is 40.6 Å². The second-order valence-electron chi connectivity index (χ2n) is 6.37. The Labute approximate surface area is 112 Å². The zero-order valence-corrected chi connectivity index (χ0v) is 12.8. The molecule has 106 valence electrons. The summed E-state index contributed by atoms with van der Waals surface area (Å²) in [5, 5.41) is 0. The maximum Gasteiger partial charge on any atom is 0.281 e. The standard InChI is InChI=1S/C13H26N2O2S/c1-10-7-11(2)9-15(8-10)18(16,17)14(4)12(3)13-5-6-13/h10-13H,5-9H2,1-4H3. The van der Waals surface area contributed by atoms with E-state index in [1.165, 1.54) is 12.8 Å². The van der Waals surface area contributed by atoms with Gasteiger partial charge in [-0.3, -0.25) is 0 Å². The maximum absolute atomic E-state index is 12.6. The van der Waals surface area contributed by atoms with Gasteiger partial charge in [-0.25, -0.2) is 0 Å². The van der Waals surface area contributed by atoms with Gasteiger partial charge in [0.1, 0.15) is 0 Å². The van der Waals surface area contributed by atoms with Crippen LogP contribution in [0.1, 0.15) is 40.0 Å². The Morgan fingerprint density at radius 3 is 2.11 bits per heavy atom. The molecule has 3 unspecified atom stereocenters. The van der Waals surface area contributed by atoms with E-state index in [1.54, 1.807) is 15.7 Å². The molecule has 1 aliphatic carbocycles. The first-order valence-electron chi connectivity index (χ1n) is 7.05. The normalized spacial score (nSPS) is 32.7. The molecule has 1 heterocycles. The van der Waals surface area contributed by atoms with Gasteiger partial charge in [0.15, 0.2) is 0 Å². The van der Waals surface area contributed by atoms with Crippen LogP contribution in [0, 0.1) is 17.8 Å². The van der Waals surface area contributed by atoms with E-state index in [-0.39, 0.29) is 6.04 Å². The van der Waals surface area contributed by atoms with Gasteiger partial charge in [-0.05, 0) is 43.9 Å². The summed E-state index contributed by atoms with van der Waals surface area (Å²) in [7, 11) is -1.53. The highest BCUT2D eigenvalue weighted by Crippen LogP contribution is 2.36. The first-order valence-corrected chi connectivity index (χ1v) is 8.45. The number of piperidine rings is 1. The zero-order chi connectivity index (χ0) is 13.5. The molecule has 2 aliphatic rings. The van der Waals surface area contributed by atoms with Crippen molar-refractivity contribution in [2.24, 2.45) is 17.8 Å². The number of hydrogen-bond acceptors (Lipinski definition) is 2. The van der Waals surface area contributed by atoms with Crippen molar-refractivity contribution in [3.63, 3.8) is 0 Å². The average molecular weight is 274 g/mol. The molecule has 4 nitrogen and oxygen atoms in total. The molecule has 1 saturated heterocycles. The molecule has 2 rings (SSSR count). The molecule has 0 spiro atoms. The summed E-state index contributed by atoms with van der Waals surface area (Å²) in [5.41, 5.74) is 0. The maximum atomic E-state index is 12.6. The molecular formula is C13H26N2O2S. The Hall–Kier alpha value is -0.130. The van der Waals surface area contributed by atoms with Crippen molar-refractivity contribution in [1.29, 1.82) is 0 Å². The van der Waals surface area contributed by atoms with Crippen LogP contribution in [-0.2, 0) is 10.2 Å². The smallest absolute Gasteiger partial charge is 0.195 e. The summed E-state index contributed by atoms with van der Waals surface area (Å²) in [6, 6.07) is 0.141. The van der Waals surface area contributed by atoms with Gasteiger partial charge in [-0.2, -0.15) is 17.0 Å². The molecule has 0 bridgehead atoms. The van der Waals surface area contributed by atoms with E-state index in [2.05, 4.69) is 13.8 Å². The van der Waals surface area contributed by atoms with Crippen LogP contribution in [0.5, 0.6) is 0 Å². The fourth-order valence-corrected chi connectivity index (χ4v) is 4.90. The first kappa shape index (κ1) is 14.3. The lowest BCUT2D eigenvalue weighted by molar-refractivity contribution is 0.205. The Bertz CT molecular complexity index is 382.